The second-order valence-electron chi connectivity index (χ2n) is 8.39. The molecule has 1 aromatic rings. The number of piperidine rings is 2. The molecule has 3 rings (SSSR count). The molecule has 0 N–H and O–H groups in total. The van der Waals surface area contributed by atoms with E-state index in [1.165, 1.54) is 38.1 Å². The fourth-order valence-corrected chi connectivity index (χ4v) is 4.46. The second-order valence-corrected chi connectivity index (χ2v) is 8.39. The van der Waals surface area contributed by atoms with Crippen LogP contribution in [0.2, 0.25) is 0 Å². The summed E-state index contributed by atoms with van der Waals surface area (Å²) in [6.07, 6.45) is 7.45. The number of carbonyl (C=O) groups excluding carboxylic acids is 1. The van der Waals surface area contributed by atoms with Gasteiger partial charge in [0.25, 0.3) is 0 Å². The maximum Gasteiger partial charge on any atom is 0.246 e. The van der Waals surface area contributed by atoms with Crippen LogP contribution in [0.15, 0.2) is 24.3 Å². The van der Waals surface area contributed by atoms with Gasteiger partial charge in [-0.25, -0.2) is 8.78 Å². The first-order chi connectivity index (χ1) is 14.0. The Morgan fingerprint density at radius 3 is 2.48 bits per heavy atom. The molecule has 0 saturated carbocycles. The van der Waals surface area contributed by atoms with E-state index < -0.39 is 11.6 Å². The third kappa shape index (κ3) is 6.09. The van der Waals surface area contributed by atoms with Crippen LogP contribution in [-0.2, 0) is 4.79 Å². The first-order valence-electron chi connectivity index (χ1n) is 10.8. The molecule has 4 nitrogen and oxygen atoms in total. The van der Waals surface area contributed by atoms with Crippen molar-refractivity contribution in [3.8, 4) is 0 Å². The van der Waals surface area contributed by atoms with Crippen molar-refractivity contribution in [3.63, 3.8) is 0 Å². The molecule has 1 aromatic carbocycles. The van der Waals surface area contributed by atoms with Crippen LogP contribution in [0, 0.1) is 17.6 Å². The van der Waals surface area contributed by atoms with Crippen LogP contribution in [0.5, 0.6) is 0 Å². The summed E-state index contributed by atoms with van der Waals surface area (Å²) in [6, 6.07) is 3.97. The molecule has 0 unspecified atom stereocenters. The van der Waals surface area contributed by atoms with Gasteiger partial charge in [0.05, 0.1) is 0 Å². The smallest absolute Gasteiger partial charge is 0.246 e. The monoisotopic (exact) mass is 405 g/mol. The highest BCUT2D eigenvalue weighted by Gasteiger charge is 2.28. The summed E-state index contributed by atoms with van der Waals surface area (Å²) in [4.78, 5) is 19.4. The van der Waals surface area contributed by atoms with E-state index in [-0.39, 0.29) is 11.5 Å². The fraction of sp³-hybridized carbons (Fsp3) is 0.609. The number of nitrogens with zero attached hydrogens (tertiary/aromatic N) is 3. The average Bonchev–Trinajstić information content (AvgIpc) is 2.73. The van der Waals surface area contributed by atoms with E-state index >= 15 is 0 Å². The highest BCUT2D eigenvalue weighted by Crippen LogP contribution is 2.24. The van der Waals surface area contributed by atoms with Crippen molar-refractivity contribution in [2.45, 2.75) is 38.6 Å². The number of benzene rings is 1. The van der Waals surface area contributed by atoms with Crippen LogP contribution in [0.4, 0.5) is 8.78 Å². The van der Waals surface area contributed by atoms with Gasteiger partial charge in [-0.15, -0.1) is 0 Å². The molecule has 29 heavy (non-hydrogen) atoms. The largest absolute Gasteiger partial charge is 0.339 e. The number of rotatable bonds is 6. The van der Waals surface area contributed by atoms with Gasteiger partial charge in [0.15, 0.2) is 0 Å². The third-order valence-electron chi connectivity index (χ3n) is 6.39. The molecule has 6 heteroatoms. The van der Waals surface area contributed by atoms with E-state index in [9.17, 15) is 13.6 Å². The topological polar surface area (TPSA) is 26.8 Å². The molecule has 0 aromatic heterocycles. The summed E-state index contributed by atoms with van der Waals surface area (Å²) in [7, 11) is 2.19. The molecule has 2 aliphatic heterocycles. The number of carbonyl (C=O) groups is 1. The van der Waals surface area contributed by atoms with Gasteiger partial charge in [-0.05, 0) is 96.0 Å². The molecule has 0 radical (unpaired) electrons. The summed E-state index contributed by atoms with van der Waals surface area (Å²) in [5.74, 6) is -0.684. The van der Waals surface area contributed by atoms with E-state index in [0.29, 0.717) is 18.5 Å². The number of hydrogen-bond donors (Lipinski definition) is 0. The number of likely N-dealkylation sites (N-methyl/N-ethyl adjacent to an activating group) is 1. The molecule has 2 fully saturated rings. The van der Waals surface area contributed by atoms with Gasteiger partial charge in [-0.3, -0.25) is 4.79 Å². The predicted molar refractivity (Wildman–Crippen MR) is 112 cm³/mol. The lowest BCUT2D eigenvalue weighted by atomic mass is 9.93. The van der Waals surface area contributed by atoms with Crippen LogP contribution < -0.4 is 0 Å². The van der Waals surface area contributed by atoms with Crippen molar-refractivity contribution in [1.29, 1.82) is 0 Å². The Balaban J connectivity index is 1.49. The maximum absolute atomic E-state index is 13.7. The first-order valence-corrected chi connectivity index (χ1v) is 10.8. The van der Waals surface area contributed by atoms with E-state index in [0.717, 1.165) is 50.7 Å². The Hall–Kier alpha value is -1.79. The fourth-order valence-electron chi connectivity index (χ4n) is 4.46. The second kappa shape index (κ2) is 10.3. The van der Waals surface area contributed by atoms with Crippen molar-refractivity contribution < 1.29 is 13.6 Å². The van der Waals surface area contributed by atoms with Crippen LogP contribution >= 0.6 is 0 Å². The van der Waals surface area contributed by atoms with Gasteiger partial charge >= 0.3 is 0 Å². The van der Waals surface area contributed by atoms with Gasteiger partial charge in [0.1, 0.15) is 11.6 Å². The Morgan fingerprint density at radius 1 is 1.14 bits per heavy atom. The van der Waals surface area contributed by atoms with Crippen LogP contribution in [0.1, 0.15) is 38.2 Å². The number of amides is 1. The summed E-state index contributed by atoms with van der Waals surface area (Å²) in [5, 5.41) is 0. The SMILES string of the molecule is CCN(CC1CCN(C2CCN(C)CC2)CC1)C(=O)C=Cc1cc(F)ccc1F. The zero-order valence-electron chi connectivity index (χ0n) is 17.6. The summed E-state index contributed by atoms with van der Waals surface area (Å²) < 4.78 is 27.0. The lowest BCUT2D eigenvalue weighted by Crippen LogP contribution is -2.48. The molecule has 0 bridgehead atoms. The van der Waals surface area contributed by atoms with Crippen molar-refractivity contribution in [2.24, 2.45) is 5.92 Å². The quantitative estimate of drug-likeness (QED) is 0.676. The average molecular weight is 406 g/mol. The molecule has 1 amide bonds. The van der Waals surface area contributed by atoms with E-state index in [4.69, 9.17) is 0 Å². The minimum Gasteiger partial charge on any atom is -0.339 e. The molecule has 2 heterocycles. The zero-order chi connectivity index (χ0) is 20.8. The zero-order valence-corrected chi connectivity index (χ0v) is 17.6. The Labute approximate surface area is 173 Å². The maximum atomic E-state index is 13.7. The predicted octanol–water partition coefficient (Wildman–Crippen LogP) is 3.63. The van der Waals surface area contributed by atoms with Crippen LogP contribution in [-0.4, -0.2) is 73.0 Å². The Kier molecular flexibility index (Phi) is 7.78. The minimum atomic E-state index is -0.528. The van der Waals surface area contributed by atoms with Gasteiger partial charge in [-0.2, -0.15) is 0 Å². The highest BCUT2D eigenvalue weighted by molar-refractivity contribution is 5.91. The van der Waals surface area contributed by atoms with Gasteiger partial charge in [-0.1, -0.05) is 0 Å². The first kappa shape index (κ1) is 21.9. The highest BCUT2D eigenvalue weighted by atomic mass is 19.1. The lowest BCUT2D eigenvalue weighted by Gasteiger charge is -2.41. The standard InChI is InChI=1S/C23H33F2N3O/c1-3-27(23(29)7-4-19-16-20(24)5-6-22(19)25)17-18-8-14-28(15-9-18)21-10-12-26(2)13-11-21/h4-7,16,18,21H,3,8-15,17H2,1-2H3. The molecule has 2 aliphatic rings. The number of likely N-dealkylation sites (tertiary alicyclic amines) is 2. The summed E-state index contributed by atoms with van der Waals surface area (Å²) in [6.45, 7) is 7.88. The molecule has 0 atom stereocenters. The van der Waals surface area contributed by atoms with Crippen LogP contribution in [0.25, 0.3) is 6.08 Å². The lowest BCUT2D eigenvalue weighted by molar-refractivity contribution is -0.126. The minimum absolute atomic E-state index is 0.0980. The molecular formula is C23H33F2N3O. The molecule has 0 spiro atoms. The van der Waals surface area contributed by atoms with E-state index in [2.05, 4.69) is 16.8 Å². The molecule has 2 saturated heterocycles. The normalized spacial score (nSPS) is 20.4. The van der Waals surface area contributed by atoms with Crippen molar-refractivity contribution >= 4 is 12.0 Å². The van der Waals surface area contributed by atoms with Crippen molar-refractivity contribution in [1.82, 2.24) is 14.7 Å². The summed E-state index contributed by atoms with van der Waals surface area (Å²) in [5.41, 5.74) is 0.0980. The number of halogens is 2. The van der Waals surface area contributed by atoms with Gasteiger partial charge in [0.2, 0.25) is 5.91 Å². The number of hydrogen-bond acceptors (Lipinski definition) is 3. The Bertz CT molecular complexity index is 708. The molecule has 0 aliphatic carbocycles. The molecule has 160 valence electrons. The van der Waals surface area contributed by atoms with Crippen molar-refractivity contribution in [2.75, 3.05) is 46.3 Å². The third-order valence-corrected chi connectivity index (χ3v) is 6.39. The molecular weight excluding hydrogens is 372 g/mol. The Morgan fingerprint density at radius 2 is 1.83 bits per heavy atom. The van der Waals surface area contributed by atoms with Gasteiger partial charge in [0, 0.05) is 30.8 Å². The van der Waals surface area contributed by atoms with Crippen LogP contribution in [0.3, 0.4) is 0 Å². The van der Waals surface area contributed by atoms with E-state index in [1.807, 2.05) is 11.8 Å². The van der Waals surface area contributed by atoms with Crippen molar-refractivity contribution in [3.05, 3.63) is 41.5 Å². The van der Waals surface area contributed by atoms with Gasteiger partial charge < -0.3 is 14.7 Å². The summed E-state index contributed by atoms with van der Waals surface area (Å²) >= 11 is 0. The van der Waals surface area contributed by atoms with E-state index in [1.54, 1.807) is 0 Å².